The lowest BCUT2D eigenvalue weighted by Gasteiger charge is -2.13. The highest BCUT2D eigenvalue weighted by molar-refractivity contribution is 4.94. The third-order valence-electron chi connectivity index (χ3n) is 1.79. The fourth-order valence-corrected chi connectivity index (χ4v) is 1.18. The summed E-state index contributed by atoms with van der Waals surface area (Å²) < 4.78 is 2.02. The van der Waals surface area contributed by atoms with E-state index in [-0.39, 0.29) is 5.56 Å². The summed E-state index contributed by atoms with van der Waals surface area (Å²) in [4.78, 5) is 14.8. The quantitative estimate of drug-likeness (QED) is 0.665. The van der Waals surface area contributed by atoms with E-state index in [1.165, 1.54) is 6.07 Å². The van der Waals surface area contributed by atoms with Gasteiger partial charge in [-0.05, 0) is 13.8 Å². The molecule has 1 rings (SSSR count). The zero-order valence-corrected chi connectivity index (χ0v) is 7.74. The zero-order chi connectivity index (χ0) is 9.14. The first-order valence-electron chi connectivity index (χ1n) is 4.23. The zero-order valence-electron chi connectivity index (χ0n) is 7.74. The second-order valence-electron chi connectivity index (χ2n) is 3.04. The van der Waals surface area contributed by atoms with Crippen LogP contribution in [0.4, 0.5) is 0 Å². The molecule has 3 heteroatoms. The fraction of sp³-hybridized carbons (Fsp3) is 0.556. The van der Waals surface area contributed by atoms with Crippen LogP contribution in [0.1, 0.15) is 32.6 Å². The van der Waals surface area contributed by atoms with Crippen LogP contribution in [0.3, 0.4) is 0 Å². The molecule has 3 nitrogen and oxygen atoms in total. The minimum atomic E-state index is -0.149. The van der Waals surface area contributed by atoms with Gasteiger partial charge in [-0.1, -0.05) is 6.92 Å². The molecule has 0 spiro atoms. The second-order valence-corrected chi connectivity index (χ2v) is 3.04. The minimum Gasteiger partial charge on any atom is -0.334 e. The maximum Gasteiger partial charge on any atom is 0.272 e. The van der Waals surface area contributed by atoms with E-state index < -0.39 is 0 Å². The third-order valence-corrected chi connectivity index (χ3v) is 1.79. The number of rotatable bonds is 2. The maximum absolute atomic E-state index is 10.9. The standard InChI is InChI=1S/C9H14N2O/c1-4-8-10-9(12)5-6-11(8)7(2)3/h5-7H,4H2,1-3H3. The van der Waals surface area contributed by atoms with Crippen LogP contribution in [0, 0.1) is 0 Å². The van der Waals surface area contributed by atoms with Crippen molar-refractivity contribution in [3.63, 3.8) is 0 Å². The summed E-state index contributed by atoms with van der Waals surface area (Å²) >= 11 is 0. The Morgan fingerprint density at radius 3 is 2.75 bits per heavy atom. The lowest BCUT2D eigenvalue weighted by Crippen LogP contribution is -2.17. The van der Waals surface area contributed by atoms with E-state index in [0.717, 1.165) is 12.2 Å². The summed E-state index contributed by atoms with van der Waals surface area (Å²) in [5.74, 6) is 0.859. The molecule has 1 aromatic heterocycles. The van der Waals surface area contributed by atoms with Crippen LogP contribution in [0.15, 0.2) is 17.1 Å². The Balaban J connectivity index is 3.20. The molecule has 0 aliphatic rings. The van der Waals surface area contributed by atoms with Crippen molar-refractivity contribution in [3.8, 4) is 0 Å². The van der Waals surface area contributed by atoms with Crippen molar-refractivity contribution in [2.45, 2.75) is 33.2 Å². The molecule has 0 unspecified atom stereocenters. The Labute approximate surface area is 72.1 Å². The Morgan fingerprint density at radius 1 is 1.58 bits per heavy atom. The van der Waals surface area contributed by atoms with E-state index in [9.17, 15) is 4.79 Å². The molecule has 0 aliphatic carbocycles. The van der Waals surface area contributed by atoms with Crippen LogP contribution in [-0.4, -0.2) is 9.55 Å². The van der Waals surface area contributed by atoms with Crippen molar-refractivity contribution in [1.82, 2.24) is 9.55 Å². The van der Waals surface area contributed by atoms with E-state index in [4.69, 9.17) is 0 Å². The van der Waals surface area contributed by atoms with Crippen LogP contribution < -0.4 is 5.56 Å². The molecule has 0 bridgehead atoms. The molecule has 1 heterocycles. The van der Waals surface area contributed by atoms with E-state index in [1.807, 2.05) is 11.5 Å². The SMILES string of the molecule is CCc1nc(=O)ccn1C(C)C. The number of aryl methyl sites for hydroxylation is 1. The predicted octanol–water partition coefficient (Wildman–Crippen LogP) is 1.39. The second kappa shape index (κ2) is 3.52. The highest BCUT2D eigenvalue weighted by atomic mass is 16.1. The van der Waals surface area contributed by atoms with E-state index >= 15 is 0 Å². The van der Waals surface area contributed by atoms with Crippen LogP contribution in [0.2, 0.25) is 0 Å². The van der Waals surface area contributed by atoms with Crippen molar-refractivity contribution in [1.29, 1.82) is 0 Å². The number of nitrogens with zero attached hydrogens (tertiary/aromatic N) is 2. The Hall–Kier alpha value is -1.12. The molecule has 0 aromatic carbocycles. The van der Waals surface area contributed by atoms with Gasteiger partial charge >= 0.3 is 0 Å². The van der Waals surface area contributed by atoms with Gasteiger partial charge in [0.15, 0.2) is 0 Å². The van der Waals surface area contributed by atoms with Gasteiger partial charge in [0.25, 0.3) is 5.56 Å². The first-order chi connectivity index (χ1) is 5.65. The molecule has 1 aromatic rings. The molecule has 0 saturated heterocycles. The van der Waals surface area contributed by atoms with Gasteiger partial charge in [0.05, 0.1) is 0 Å². The summed E-state index contributed by atoms with van der Waals surface area (Å²) in [5, 5.41) is 0. The Bertz CT molecular complexity index is 315. The van der Waals surface area contributed by atoms with Crippen molar-refractivity contribution >= 4 is 0 Å². The summed E-state index contributed by atoms with van der Waals surface area (Å²) in [6.45, 7) is 6.15. The molecule has 0 radical (unpaired) electrons. The smallest absolute Gasteiger partial charge is 0.272 e. The molecule has 0 saturated carbocycles. The monoisotopic (exact) mass is 166 g/mol. The highest BCUT2D eigenvalue weighted by Gasteiger charge is 2.02. The molecule has 0 aliphatic heterocycles. The molecule has 12 heavy (non-hydrogen) atoms. The van der Waals surface area contributed by atoms with Crippen molar-refractivity contribution in [3.05, 3.63) is 28.4 Å². The van der Waals surface area contributed by atoms with Gasteiger partial charge in [-0.15, -0.1) is 0 Å². The molecule has 0 atom stereocenters. The lowest BCUT2D eigenvalue weighted by atomic mass is 10.3. The summed E-state index contributed by atoms with van der Waals surface area (Å²) in [6, 6.07) is 1.87. The van der Waals surface area contributed by atoms with Gasteiger partial charge in [-0.3, -0.25) is 4.79 Å². The Morgan fingerprint density at radius 2 is 2.25 bits per heavy atom. The molecule has 0 amide bonds. The largest absolute Gasteiger partial charge is 0.334 e. The third kappa shape index (κ3) is 1.72. The van der Waals surface area contributed by atoms with Crippen LogP contribution in [0.25, 0.3) is 0 Å². The molecular formula is C9H14N2O. The number of hydrogen-bond donors (Lipinski definition) is 0. The first kappa shape index (κ1) is 8.97. The van der Waals surface area contributed by atoms with Gasteiger partial charge in [-0.2, -0.15) is 4.98 Å². The van der Waals surface area contributed by atoms with Gasteiger partial charge in [0.1, 0.15) is 5.82 Å². The van der Waals surface area contributed by atoms with Crippen LogP contribution in [-0.2, 0) is 6.42 Å². The van der Waals surface area contributed by atoms with Crippen molar-refractivity contribution in [2.24, 2.45) is 0 Å². The summed E-state index contributed by atoms with van der Waals surface area (Å²) in [7, 11) is 0. The summed E-state index contributed by atoms with van der Waals surface area (Å²) in [6.07, 6.45) is 2.60. The molecule has 0 N–H and O–H groups in total. The number of hydrogen-bond acceptors (Lipinski definition) is 2. The fourth-order valence-electron chi connectivity index (χ4n) is 1.18. The first-order valence-corrected chi connectivity index (χ1v) is 4.23. The topological polar surface area (TPSA) is 34.9 Å². The van der Waals surface area contributed by atoms with Gasteiger partial charge in [0, 0.05) is 24.7 Å². The van der Waals surface area contributed by atoms with Crippen molar-refractivity contribution in [2.75, 3.05) is 0 Å². The van der Waals surface area contributed by atoms with Crippen LogP contribution in [0.5, 0.6) is 0 Å². The molecular weight excluding hydrogens is 152 g/mol. The van der Waals surface area contributed by atoms with Gasteiger partial charge < -0.3 is 4.57 Å². The minimum absolute atomic E-state index is 0.149. The van der Waals surface area contributed by atoms with Crippen LogP contribution >= 0.6 is 0 Å². The molecule has 66 valence electrons. The van der Waals surface area contributed by atoms with Gasteiger partial charge in [0.2, 0.25) is 0 Å². The summed E-state index contributed by atoms with van der Waals surface area (Å²) in [5.41, 5.74) is -0.149. The van der Waals surface area contributed by atoms with Crippen molar-refractivity contribution < 1.29 is 0 Å². The van der Waals surface area contributed by atoms with E-state index in [2.05, 4.69) is 18.8 Å². The predicted molar refractivity (Wildman–Crippen MR) is 48.3 cm³/mol. The average Bonchev–Trinajstić information content (AvgIpc) is 2.03. The van der Waals surface area contributed by atoms with E-state index in [1.54, 1.807) is 6.20 Å². The van der Waals surface area contributed by atoms with Gasteiger partial charge in [-0.25, -0.2) is 0 Å². The highest BCUT2D eigenvalue weighted by Crippen LogP contribution is 2.05. The normalized spacial score (nSPS) is 10.7. The average molecular weight is 166 g/mol. The number of aromatic nitrogens is 2. The lowest BCUT2D eigenvalue weighted by molar-refractivity contribution is 0.552. The maximum atomic E-state index is 10.9. The molecule has 0 fully saturated rings. The Kier molecular flexibility index (Phi) is 2.63. The van der Waals surface area contributed by atoms with E-state index in [0.29, 0.717) is 6.04 Å².